The van der Waals surface area contributed by atoms with E-state index in [9.17, 15) is 0 Å². The van der Waals surface area contributed by atoms with E-state index < -0.39 is 0 Å². The summed E-state index contributed by atoms with van der Waals surface area (Å²) in [7, 11) is 0. The van der Waals surface area contributed by atoms with Crippen LogP contribution in [0.2, 0.25) is 0 Å². The van der Waals surface area contributed by atoms with Crippen molar-refractivity contribution in [3.8, 4) is 0 Å². The molecule has 0 aliphatic rings. The van der Waals surface area contributed by atoms with Gasteiger partial charge in [0.1, 0.15) is 0 Å². The average molecular weight is 243 g/mol. The summed E-state index contributed by atoms with van der Waals surface area (Å²) in [5, 5.41) is 3.12. The lowest BCUT2D eigenvalue weighted by Crippen LogP contribution is -2.33. The summed E-state index contributed by atoms with van der Waals surface area (Å²) in [6, 6.07) is 0. The lowest BCUT2D eigenvalue weighted by Gasteiger charge is -2.08. The number of nitrogens with two attached hydrogens (primary N) is 1. The predicted octanol–water partition coefficient (Wildman–Crippen LogP) is 2.14. The average Bonchev–Trinajstić information content (AvgIpc) is 2.22. The molecule has 0 atom stereocenters. The second kappa shape index (κ2) is 10.4. The van der Waals surface area contributed by atoms with Gasteiger partial charge in [0.05, 0.1) is 6.10 Å². The van der Waals surface area contributed by atoms with Crippen LogP contribution in [0.5, 0.6) is 0 Å². The zero-order chi connectivity index (χ0) is 13.1. The zero-order valence-corrected chi connectivity index (χ0v) is 11.8. The van der Waals surface area contributed by atoms with Gasteiger partial charge >= 0.3 is 0 Å². The summed E-state index contributed by atoms with van der Waals surface area (Å²) in [5.41, 5.74) is 5.73. The van der Waals surface area contributed by atoms with Crippen LogP contribution in [0, 0.1) is 5.92 Å². The molecule has 0 heterocycles. The third kappa shape index (κ3) is 13.2. The topological polar surface area (TPSA) is 59.6 Å². The van der Waals surface area contributed by atoms with E-state index in [1.54, 1.807) is 0 Å². The summed E-state index contributed by atoms with van der Waals surface area (Å²) in [4.78, 5) is 4.27. The lowest BCUT2D eigenvalue weighted by molar-refractivity contribution is 0.0764. The Balaban J connectivity index is 3.37. The van der Waals surface area contributed by atoms with Gasteiger partial charge in [0.25, 0.3) is 0 Å². The van der Waals surface area contributed by atoms with E-state index in [4.69, 9.17) is 10.5 Å². The molecule has 0 radical (unpaired) electrons. The highest BCUT2D eigenvalue weighted by atomic mass is 16.5. The van der Waals surface area contributed by atoms with Crippen LogP contribution in [-0.4, -0.2) is 31.8 Å². The number of hydrogen-bond acceptors (Lipinski definition) is 2. The normalized spacial score (nSPS) is 12.5. The van der Waals surface area contributed by atoms with Crippen LogP contribution < -0.4 is 11.1 Å². The first-order chi connectivity index (χ1) is 8.02. The molecular weight excluding hydrogens is 214 g/mol. The van der Waals surface area contributed by atoms with Crippen molar-refractivity contribution in [2.24, 2.45) is 16.6 Å². The minimum absolute atomic E-state index is 0.321. The molecule has 0 aromatic heterocycles. The van der Waals surface area contributed by atoms with Crippen LogP contribution >= 0.6 is 0 Å². The van der Waals surface area contributed by atoms with Crippen LogP contribution in [0.15, 0.2) is 4.99 Å². The summed E-state index contributed by atoms with van der Waals surface area (Å²) in [6.07, 6.45) is 3.51. The van der Waals surface area contributed by atoms with E-state index >= 15 is 0 Å². The van der Waals surface area contributed by atoms with Gasteiger partial charge in [0.2, 0.25) is 0 Å². The van der Waals surface area contributed by atoms with Crippen LogP contribution in [0.25, 0.3) is 0 Å². The molecule has 0 fully saturated rings. The molecule has 0 aliphatic heterocycles. The summed E-state index contributed by atoms with van der Waals surface area (Å²) in [6.45, 7) is 11.0. The highest BCUT2D eigenvalue weighted by molar-refractivity contribution is 5.77. The second-order valence-electron chi connectivity index (χ2n) is 5.00. The van der Waals surface area contributed by atoms with Gasteiger partial charge in [-0.1, -0.05) is 13.8 Å². The molecule has 4 nitrogen and oxygen atoms in total. The first-order valence-corrected chi connectivity index (χ1v) is 6.67. The van der Waals surface area contributed by atoms with Crippen molar-refractivity contribution in [2.45, 2.75) is 53.1 Å². The quantitative estimate of drug-likeness (QED) is 0.370. The molecule has 0 spiro atoms. The minimum Gasteiger partial charge on any atom is -0.379 e. The molecule has 4 heteroatoms. The number of hydrogen-bond donors (Lipinski definition) is 2. The Bertz CT molecular complexity index is 203. The lowest BCUT2D eigenvalue weighted by atomic mass is 10.1. The van der Waals surface area contributed by atoms with Gasteiger partial charge in [-0.25, -0.2) is 0 Å². The van der Waals surface area contributed by atoms with E-state index in [2.05, 4.69) is 38.0 Å². The molecule has 102 valence electrons. The van der Waals surface area contributed by atoms with Crippen LogP contribution in [-0.2, 0) is 4.74 Å². The SMILES string of the molecule is CC(C)CCNC(N)=NCCCCOC(C)C. The molecule has 0 aromatic rings. The van der Waals surface area contributed by atoms with E-state index in [1.165, 1.54) is 0 Å². The molecule has 17 heavy (non-hydrogen) atoms. The number of nitrogens with one attached hydrogen (secondary N) is 1. The van der Waals surface area contributed by atoms with E-state index in [0.29, 0.717) is 18.0 Å². The smallest absolute Gasteiger partial charge is 0.188 e. The van der Waals surface area contributed by atoms with Crippen molar-refractivity contribution in [3.63, 3.8) is 0 Å². The highest BCUT2D eigenvalue weighted by Gasteiger charge is 1.95. The number of unbranched alkanes of at least 4 members (excludes halogenated alkanes) is 1. The monoisotopic (exact) mass is 243 g/mol. The fourth-order valence-corrected chi connectivity index (χ4v) is 1.28. The molecule has 0 saturated carbocycles. The molecule has 0 unspecified atom stereocenters. The maximum atomic E-state index is 5.73. The molecule has 0 aromatic carbocycles. The number of nitrogens with zero attached hydrogens (tertiary/aromatic N) is 1. The van der Waals surface area contributed by atoms with Gasteiger partial charge in [-0.3, -0.25) is 4.99 Å². The first kappa shape index (κ1) is 16.2. The maximum absolute atomic E-state index is 5.73. The second-order valence-corrected chi connectivity index (χ2v) is 5.00. The highest BCUT2D eigenvalue weighted by Crippen LogP contribution is 1.96. The molecule has 0 amide bonds. The largest absolute Gasteiger partial charge is 0.379 e. The Morgan fingerprint density at radius 1 is 1.24 bits per heavy atom. The predicted molar refractivity (Wildman–Crippen MR) is 74.3 cm³/mol. The first-order valence-electron chi connectivity index (χ1n) is 6.67. The van der Waals surface area contributed by atoms with Crippen molar-refractivity contribution in [1.82, 2.24) is 5.32 Å². The third-order valence-electron chi connectivity index (χ3n) is 2.31. The summed E-state index contributed by atoms with van der Waals surface area (Å²) in [5.74, 6) is 1.26. The molecule has 0 saturated heterocycles. The van der Waals surface area contributed by atoms with Gasteiger partial charge in [-0.15, -0.1) is 0 Å². The summed E-state index contributed by atoms with van der Waals surface area (Å²) >= 11 is 0. The number of ether oxygens (including phenoxy) is 1. The number of guanidine groups is 1. The van der Waals surface area contributed by atoms with Gasteiger partial charge in [0, 0.05) is 19.7 Å². The Kier molecular flexibility index (Phi) is 9.92. The summed E-state index contributed by atoms with van der Waals surface area (Å²) < 4.78 is 5.44. The standard InChI is InChI=1S/C13H29N3O/c1-11(2)7-9-16-13(14)15-8-5-6-10-17-12(3)4/h11-12H,5-10H2,1-4H3,(H3,14,15,16). The number of rotatable bonds is 9. The van der Waals surface area contributed by atoms with Crippen LogP contribution in [0.4, 0.5) is 0 Å². The van der Waals surface area contributed by atoms with Gasteiger partial charge < -0.3 is 15.8 Å². The fourth-order valence-electron chi connectivity index (χ4n) is 1.28. The number of aliphatic imine (C=N–C) groups is 1. The van der Waals surface area contributed by atoms with Gasteiger partial charge in [-0.05, 0) is 39.0 Å². The Hall–Kier alpha value is -0.770. The van der Waals surface area contributed by atoms with Crippen molar-refractivity contribution in [1.29, 1.82) is 0 Å². The van der Waals surface area contributed by atoms with Crippen LogP contribution in [0.3, 0.4) is 0 Å². The van der Waals surface area contributed by atoms with E-state index in [-0.39, 0.29) is 0 Å². The Morgan fingerprint density at radius 2 is 1.94 bits per heavy atom. The van der Waals surface area contributed by atoms with E-state index in [0.717, 1.165) is 39.0 Å². The molecule has 0 aliphatic carbocycles. The Morgan fingerprint density at radius 3 is 2.53 bits per heavy atom. The van der Waals surface area contributed by atoms with Gasteiger partial charge in [0.15, 0.2) is 5.96 Å². The van der Waals surface area contributed by atoms with Crippen molar-refractivity contribution < 1.29 is 4.74 Å². The molecule has 0 bridgehead atoms. The van der Waals surface area contributed by atoms with Crippen LogP contribution in [0.1, 0.15) is 47.0 Å². The Labute approximate surface area is 106 Å². The molecule has 3 N–H and O–H groups in total. The maximum Gasteiger partial charge on any atom is 0.188 e. The molecular formula is C13H29N3O. The minimum atomic E-state index is 0.321. The zero-order valence-electron chi connectivity index (χ0n) is 11.8. The fraction of sp³-hybridized carbons (Fsp3) is 0.923. The van der Waals surface area contributed by atoms with E-state index in [1.807, 2.05) is 0 Å². The third-order valence-corrected chi connectivity index (χ3v) is 2.31. The van der Waals surface area contributed by atoms with Crippen molar-refractivity contribution in [3.05, 3.63) is 0 Å². The van der Waals surface area contributed by atoms with Crippen molar-refractivity contribution in [2.75, 3.05) is 19.7 Å². The molecule has 0 rings (SSSR count). The van der Waals surface area contributed by atoms with Gasteiger partial charge in [-0.2, -0.15) is 0 Å². The van der Waals surface area contributed by atoms with Crippen molar-refractivity contribution >= 4 is 5.96 Å².